The van der Waals surface area contributed by atoms with Gasteiger partial charge in [-0.2, -0.15) is 0 Å². The molecule has 1 heteroatoms. The van der Waals surface area contributed by atoms with Gasteiger partial charge in [0.1, 0.15) is 0 Å². The lowest BCUT2D eigenvalue weighted by atomic mass is 10.1. The molecule has 15 heavy (non-hydrogen) atoms. The highest BCUT2D eigenvalue weighted by molar-refractivity contribution is 4.41. The maximum atomic E-state index is 2.51. The summed E-state index contributed by atoms with van der Waals surface area (Å²) in [6, 6.07) is 0. The van der Waals surface area contributed by atoms with Crippen molar-refractivity contribution in [2.24, 2.45) is 0 Å². The third-order valence-corrected chi connectivity index (χ3v) is 3.02. The summed E-state index contributed by atoms with van der Waals surface area (Å²) in [4.78, 5) is 0. The quantitative estimate of drug-likeness (QED) is 0.479. The summed E-state index contributed by atoms with van der Waals surface area (Å²) in [5, 5.41) is 2.51. The van der Waals surface area contributed by atoms with E-state index in [0.717, 1.165) is 0 Å². The summed E-state index contributed by atoms with van der Waals surface area (Å²) in [7, 11) is 0. The van der Waals surface area contributed by atoms with Crippen LogP contribution in [-0.4, -0.2) is 13.1 Å². The molecule has 0 aromatic heterocycles. The molecule has 0 aliphatic carbocycles. The van der Waals surface area contributed by atoms with Crippen LogP contribution in [-0.2, 0) is 0 Å². The van der Waals surface area contributed by atoms with Gasteiger partial charge >= 0.3 is 0 Å². The Morgan fingerprint density at radius 3 is 1.33 bits per heavy atom. The number of unbranched alkanes of at least 4 members (excludes halogenated alkanes) is 8. The molecule has 0 aliphatic heterocycles. The van der Waals surface area contributed by atoms with E-state index in [-0.39, 0.29) is 0 Å². The van der Waals surface area contributed by atoms with E-state index in [1.54, 1.807) is 0 Å². The van der Waals surface area contributed by atoms with Gasteiger partial charge in [0.25, 0.3) is 0 Å². The van der Waals surface area contributed by atoms with Gasteiger partial charge in [-0.25, -0.2) is 0 Å². The zero-order chi connectivity index (χ0) is 11.2. The number of rotatable bonds is 12. The van der Waals surface area contributed by atoms with Crippen molar-refractivity contribution < 1.29 is 5.32 Å². The first-order chi connectivity index (χ1) is 7.41. The average molecular weight is 214 g/mol. The van der Waals surface area contributed by atoms with Gasteiger partial charge in [-0.05, 0) is 25.7 Å². The molecule has 0 saturated carbocycles. The molecule has 0 heterocycles. The van der Waals surface area contributed by atoms with Crippen molar-refractivity contribution in [1.29, 1.82) is 0 Å². The van der Waals surface area contributed by atoms with E-state index in [4.69, 9.17) is 0 Å². The molecular weight excluding hydrogens is 182 g/mol. The first-order valence-electron chi connectivity index (χ1n) is 7.23. The summed E-state index contributed by atoms with van der Waals surface area (Å²) < 4.78 is 0. The van der Waals surface area contributed by atoms with E-state index < -0.39 is 0 Å². The molecule has 1 nitrogen and oxygen atoms in total. The van der Waals surface area contributed by atoms with Crippen LogP contribution >= 0.6 is 0 Å². The van der Waals surface area contributed by atoms with Crippen LogP contribution in [0, 0.1) is 0 Å². The zero-order valence-corrected chi connectivity index (χ0v) is 11.1. The molecule has 0 aromatic carbocycles. The van der Waals surface area contributed by atoms with Crippen LogP contribution in [0.4, 0.5) is 0 Å². The summed E-state index contributed by atoms with van der Waals surface area (Å²) in [5.74, 6) is 0. The minimum Gasteiger partial charge on any atom is -0.346 e. The Kier molecular flexibility index (Phi) is 13.9. The summed E-state index contributed by atoms with van der Waals surface area (Å²) in [6.07, 6.45) is 14.2. The molecular formula is C14H32N+. The smallest absolute Gasteiger partial charge is 0.0755 e. The van der Waals surface area contributed by atoms with E-state index in [1.807, 2.05) is 0 Å². The largest absolute Gasteiger partial charge is 0.346 e. The van der Waals surface area contributed by atoms with Crippen molar-refractivity contribution in [2.45, 2.75) is 78.1 Å². The highest BCUT2D eigenvalue weighted by atomic mass is 14.8. The predicted octanol–water partition coefficient (Wildman–Crippen LogP) is 3.49. The van der Waals surface area contributed by atoms with Crippen LogP contribution in [0.3, 0.4) is 0 Å². The SMILES string of the molecule is CCCCCCC[NH2+]CCCCCCC. The Labute approximate surface area is 97.0 Å². The maximum Gasteiger partial charge on any atom is 0.0755 e. The Morgan fingerprint density at radius 1 is 0.533 bits per heavy atom. The van der Waals surface area contributed by atoms with Gasteiger partial charge in [0.2, 0.25) is 0 Å². The van der Waals surface area contributed by atoms with E-state index in [2.05, 4.69) is 19.2 Å². The fraction of sp³-hybridized carbons (Fsp3) is 1.00. The molecule has 0 aromatic rings. The third-order valence-electron chi connectivity index (χ3n) is 3.02. The molecule has 0 radical (unpaired) electrons. The van der Waals surface area contributed by atoms with Gasteiger partial charge in [-0.1, -0.05) is 52.4 Å². The molecule has 0 aliphatic rings. The topological polar surface area (TPSA) is 16.6 Å². The van der Waals surface area contributed by atoms with Crippen LogP contribution in [0.2, 0.25) is 0 Å². The first kappa shape index (κ1) is 15.0. The van der Waals surface area contributed by atoms with Gasteiger partial charge in [-0.15, -0.1) is 0 Å². The molecule has 0 amide bonds. The molecule has 92 valence electrons. The molecule has 0 fully saturated rings. The highest BCUT2D eigenvalue weighted by Gasteiger charge is 1.93. The summed E-state index contributed by atoms with van der Waals surface area (Å²) >= 11 is 0. The maximum absolute atomic E-state index is 2.51. The number of nitrogens with two attached hydrogens (primary N) is 1. The fourth-order valence-corrected chi connectivity index (χ4v) is 1.93. The average Bonchev–Trinajstić information content (AvgIpc) is 2.26. The van der Waals surface area contributed by atoms with Crippen molar-refractivity contribution >= 4 is 0 Å². The minimum atomic E-state index is 1.36. The first-order valence-corrected chi connectivity index (χ1v) is 7.23. The van der Waals surface area contributed by atoms with Crippen LogP contribution in [0.1, 0.15) is 78.1 Å². The van der Waals surface area contributed by atoms with Crippen molar-refractivity contribution in [2.75, 3.05) is 13.1 Å². The Hall–Kier alpha value is -0.0400. The molecule has 0 atom stereocenters. The second kappa shape index (κ2) is 14.0. The number of quaternary nitrogens is 1. The number of hydrogen-bond donors (Lipinski definition) is 1. The van der Waals surface area contributed by atoms with Crippen molar-refractivity contribution in [1.82, 2.24) is 0 Å². The second-order valence-corrected chi connectivity index (χ2v) is 4.69. The Bertz CT molecular complexity index is 89.5. The van der Waals surface area contributed by atoms with Gasteiger partial charge in [0, 0.05) is 0 Å². The lowest BCUT2D eigenvalue weighted by Crippen LogP contribution is -2.84. The van der Waals surface area contributed by atoms with E-state index in [1.165, 1.54) is 77.3 Å². The third kappa shape index (κ3) is 14.0. The van der Waals surface area contributed by atoms with Crippen molar-refractivity contribution in [3.8, 4) is 0 Å². The molecule has 0 bridgehead atoms. The van der Waals surface area contributed by atoms with E-state index in [0.29, 0.717) is 0 Å². The fourth-order valence-electron chi connectivity index (χ4n) is 1.93. The van der Waals surface area contributed by atoms with E-state index in [9.17, 15) is 0 Å². The zero-order valence-electron chi connectivity index (χ0n) is 11.1. The normalized spacial score (nSPS) is 10.8. The van der Waals surface area contributed by atoms with Crippen LogP contribution in [0.25, 0.3) is 0 Å². The van der Waals surface area contributed by atoms with Crippen LogP contribution < -0.4 is 5.32 Å². The van der Waals surface area contributed by atoms with Crippen LogP contribution in [0.5, 0.6) is 0 Å². The molecule has 0 rings (SSSR count). The van der Waals surface area contributed by atoms with Gasteiger partial charge in [-0.3, -0.25) is 0 Å². The monoisotopic (exact) mass is 214 g/mol. The standard InChI is InChI=1S/C14H31N/c1-3-5-7-9-11-13-15-14-12-10-8-6-4-2/h15H,3-14H2,1-2H3/p+1. The highest BCUT2D eigenvalue weighted by Crippen LogP contribution is 2.01. The van der Waals surface area contributed by atoms with Crippen molar-refractivity contribution in [3.63, 3.8) is 0 Å². The summed E-state index contributed by atoms with van der Waals surface area (Å²) in [6.45, 7) is 7.28. The lowest BCUT2D eigenvalue weighted by molar-refractivity contribution is -0.655. The summed E-state index contributed by atoms with van der Waals surface area (Å²) in [5.41, 5.74) is 0. The molecule has 0 unspecified atom stereocenters. The Balaban J connectivity index is 2.81. The van der Waals surface area contributed by atoms with Gasteiger partial charge in [0.15, 0.2) is 0 Å². The Morgan fingerprint density at radius 2 is 0.933 bits per heavy atom. The van der Waals surface area contributed by atoms with Gasteiger partial charge < -0.3 is 5.32 Å². The minimum absolute atomic E-state index is 1.36. The van der Waals surface area contributed by atoms with E-state index >= 15 is 0 Å². The predicted molar refractivity (Wildman–Crippen MR) is 69.2 cm³/mol. The molecule has 2 N–H and O–H groups in total. The van der Waals surface area contributed by atoms with Crippen LogP contribution in [0.15, 0.2) is 0 Å². The van der Waals surface area contributed by atoms with Gasteiger partial charge in [0.05, 0.1) is 13.1 Å². The van der Waals surface area contributed by atoms with Crippen molar-refractivity contribution in [3.05, 3.63) is 0 Å². The number of hydrogen-bond acceptors (Lipinski definition) is 0. The molecule has 0 saturated heterocycles. The second-order valence-electron chi connectivity index (χ2n) is 4.69. The lowest BCUT2D eigenvalue weighted by Gasteiger charge is -2.02. The molecule has 0 spiro atoms.